The predicted molar refractivity (Wildman–Crippen MR) is 108 cm³/mol. The molecule has 2 aromatic carbocycles. The van der Waals surface area contributed by atoms with E-state index in [0.29, 0.717) is 0 Å². The average Bonchev–Trinajstić information content (AvgIpc) is 2.37. The molecule has 106 valence electrons. The zero-order valence-electron chi connectivity index (χ0n) is 10.3. The number of hydrogen-bond acceptors (Lipinski definition) is 2. The molecule has 2 aromatic rings. The van der Waals surface area contributed by atoms with Gasteiger partial charge in [-0.25, -0.2) is 0 Å². The molecule has 0 heterocycles. The van der Waals surface area contributed by atoms with Gasteiger partial charge in [-0.2, -0.15) is 0 Å². The van der Waals surface area contributed by atoms with E-state index in [1.165, 1.54) is 0 Å². The normalized spacial score (nSPS) is 14.1. The molecule has 6 heteroatoms. The minimum Gasteiger partial charge on any atom is -0.322 e. The molecule has 2 atom stereocenters. The van der Waals surface area contributed by atoms with Crippen molar-refractivity contribution in [1.29, 1.82) is 0 Å². The highest BCUT2D eigenvalue weighted by molar-refractivity contribution is 14.1. The Morgan fingerprint density at radius 2 is 1.10 bits per heavy atom. The maximum absolute atomic E-state index is 6.35. The molecule has 0 aliphatic carbocycles. The van der Waals surface area contributed by atoms with E-state index in [1.807, 2.05) is 36.4 Å². The summed E-state index contributed by atoms with van der Waals surface area (Å²) < 4.78 is 4.31. The molecule has 0 saturated heterocycles. The van der Waals surface area contributed by atoms with Crippen LogP contribution in [0.2, 0.25) is 0 Å². The predicted octanol–water partition coefficient (Wildman–Crippen LogP) is 5.12. The molecule has 0 saturated carbocycles. The van der Waals surface area contributed by atoms with E-state index in [9.17, 15) is 0 Å². The molecule has 20 heavy (non-hydrogen) atoms. The molecule has 2 nitrogen and oxygen atoms in total. The molecular formula is C14H12Br2I2N2. The van der Waals surface area contributed by atoms with E-state index in [-0.39, 0.29) is 12.1 Å². The van der Waals surface area contributed by atoms with E-state index in [0.717, 1.165) is 27.2 Å². The smallest absolute Gasteiger partial charge is 0.0502 e. The third kappa shape index (κ3) is 3.95. The second kappa shape index (κ2) is 7.36. The molecule has 0 aliphatic rings. The Bertz CT molecular complexity index is 579. The van der Waals surface area contributed by atoms with E-state index in [1.54, 1.807) is 0 Å². The zero-order valence-corrected chi connectivity index (χ0v) is 17.8. The van der Waals surface area contributed by atoms with Gasteiger partial charge in [0.1, 0.15) is 0 Å². The third-order valence-corrected chi connectivity index (χ3v) is 5.75. The quantitative estimate of drug-likeness (QED) is 0.468. The SMILES string of the molecule is NC(c1ccc(I)cc1Br)C(N)c1ccc(I)cc1Br. The van der Waals surface area contributed by atoms with Crippen molar-refractivity contribution in [2.45, 2.75) is 12.1 Å². The van der Waals surface area contributed by atoms with Crippen molar-refractivity contribution in [3.8, 4) is 0 Å². The molecule has 2 unspecified atom stereocenters. The van der Waals surface area contributed by atoms with Gasteiger partial charge in [0.2, 0.25) is 0 Å². The van der Waals surface area contributed by atoms with Crippen molar-refractivity contribution < 1.29 is 0 Å². The Hall–Kier alpha value is 0.780. The van der Waals surface area contributed by atoms with Crippen LogP contribution in [0.5, 0.6) is 0 Å². The average molecular weight is 622 g/mol. The largest absolute Gasteiger partial charge is 0.322 e. The number of halogens is 4. The highest BCUT2D eigenvalue weighted by Gasteiger charge is 2.21. The Morgan fingerprint density at radius 3 is 1.40 bits per heavy atom. The van der Waals surface area contributed by atoms with Crippen molar-refractivity contribution >= 4 is 77.0 Å². The van der Waals surface area contributed by atoms with E-state index >= 15 is 0 Å². The topological polar surface area (TPSA) is 52.0 Å². The molecule has 0 aromatic heterocycles. The lowest BCUT2D eigenvalue weighted by atomic mass is 9.95. The number of nitrogens with two attached hydrogens (primary N) is 2. The first kappa shape index (κ1) is 17.1. The Morgan fingerprint density at radius 1 is 0.750 bits per heavy atom. The van der Waals surface area contributed by atoms with Crippen molar-refractivity contribution in [3.63, 3.8) is 0 Å². The summed E-state index contributed by atoms with van der Waals surface area (Å²) >= 11 is 11.7. The lowest BCUT2D eigenvalue weighted by Gasteiger charge is -2.23. The summed E-state index contributed by atoms with van der Waals surface area (Å²) in [6.45, 7) is 0. The van der Waals surface area contributed by atoms with E-state index in [2.05, 4.69) is 77.0 Å². The second-order valence-corrected chi connectivity index (χ2v) is 8.58. The Labute approximate surface area is 162 Å². The Balaban J connectivity index is 2.34. The highest BCUT2D eigenvalue weighted by atomic mass is 127. The third-order valence-electron chi connectivity index (χ3n) is 3.03. The van der Waals surface area contributed by atoms with Crippen LogP contribution >= 0.6 is 77.0 Å². The van der Waals surface area contributed by atoms with Gasteiger partial charge in [0.15, 0.2) is 0 Å². The van der Waals surface area contributed by atoms with Crippen molar-refractivity contribution in [1.82, 2.24) is 0 Å². The van der Waals surface area contributed by atoms with Gasteiger partial charge in [-0.3, -0.25) is 0 Å². The van der Waals surface area contributed by atoms with Gasteiger partial charge < -0.3 is 11.5 Å². The van der Waals surface area contributed by atoms with Gasteiger partial charge in [-0.15, -0.1) is 0 Å². The first-order valence-electron chi connectivity index (χ1n) is 5.81. The monoisotopic (exact) mass is 620 g/mol. The van der Waals surface area contributed by atoms with Crippen LogP contribution in [0.1, 0.15) is 23.2 Å². The number of benzene rings is 2. The fourth-order valence-corrected chi connectivity index (χ4v) is 5.06. The van der Waals surface area contributed by atoms with E-state index in [4.69, 9.17) is 11.5 Å². The summed E-state index contributed by atoms with van der Waals surface area (Å²) in [6, 6.07) is 11.7. The Kier molecular flexibility index (Phi) is 6.31. The number of rotatable bonds is 3. The molecule has 0 radical (unpaired) electrons. The van der Waals surface area contributed by atoms with Crippen molar-refractivity contribution in [2.75, 3.05) is 0 Å². The summed E-state index contributed by atoms with van der Waals surface area (Å²) in [4.78, 5) is 0. The minimum absolute atomic E-state index is 0.266. The van der Waals surface area contributed by atoms with Crippen LogP contribution in [0.15, 0.2) is 45.3 Å². The second-order valence-electron chi connectivity index (χ2n) is 4.38. The van der Waals surface area contributed by atoms with Gasteiger partial charge in [-0.1, -0.05) is 44.0 Å². The van der Waals surface area contributed by atoms with Crippen LogP contribution < -0.4 is 11.5 Å². The molecule has 0 spiro atoms. The van der Waals surface area contributed by atoms with Crippen LogP contribution in [0, 0.1) is 7.14 Å². The first-order valence-corrected chi connectivity index (χ1v) is 9.55. The van der Waals surface area contributed by atoms with Crippen LogP contribution in [0.3, 0.4) is 0 Å². The van der Waals surface area contributed by atoms with E-state index < -0.39 is 0 Å². The summed E-state index contributed by atoms with van der Waals surface area (Å²) in [7, 11) is 0. The van der Waals surface area contributed by atoms with Gasteiger partial charge >= 0.3 is 0 Å². The molecule has 2 rings (SSSR count). The molecule has 0 amide bonds. The van der Waals surface area contributed by atoms with Gasteiger partial charge in [0, 0.05) is 16.1 Å². The van der Waals surface area contributed by atoms with Crippen LogP contribution in [0.25, 0.3) is 0 Å². The van der Waals surface area contributed by atoms with Crippen molar-refractivity contribution in [3.05, 3.63) is 63.6 Å². The first-order chi connectivity index (χ1) is 9.40. The molecule has 0 bridgehead atoms. The fourth-order valence-electron chi connectivity index (χ4n) is 1.93. The lowest BCUT2D eigenvalue weighted by Crippen LogP contribution is -2.27. The van der Waals surface area contributed by atoms with Gasteiger partial charge in [0.25, 0.3) is 0 Å². The summed E-state index contributed by atoms with van der Waals surface area (Å²) in [5.41, 5.74) is 14.7. The van der Waals surface area contributed by atoms with Crippen LogP contribution in [-0.4, -0.2) is 0 Å². The molecular weight excluding hydrogens is 610 g/mol. The maximum Gasteiger partial charge on any atom is 0.0502 e. The zero-order chi connectivity index (χ0) is 14.9. The fraction of sp³-hybridized carbons (Fsp3) is 0.143. The van der Waals surface area contributed by atoms with Gasteiger partial charge in [0.05, 0.1) is 12.1 Å². The van der Waals surface area contributed by atoms with Crippen LogP contribution in [-0.2, 0) is 0 Å². The summed E-state index contributed by atoms with van der Waals surface area (Å²) in [6.07, 6.45) is 0. The summed E-state index contributed by atoms with van der Waals surface area (Å²) in [5.74, 6) is 0. The van der Waals surface area contributed by atoms with Crippen molar-refractivity contribution in [2.24, 2.45) is 11.5 Å². The standard InChI is InChI=1S/C14H12Br2I2N2/c15-11-5-7(17)1-3-9(11)13(19)14(20)10-4-2-8(18)6-12(10)16/h1-6,13-14H,19-20H2. The summed E-state index contributed by atoms with van der Waals surface area (Å²) in [5, 5.41) is 0. The molecule has 0 aliphatic heterocycles. The molecule has 4 N–H and O–H groups in total. The van der Waals surface area contributed by atoms with Gasteiger partial charge in [-0.05, 0) is 80.6 Å². The highest BCUT2D eigenvalue weighted by Crippen LogP contribution is 2.34. The van der Waals surface area contributed by atoms with Crippen LogP contribution in [0.4, 0.5) is 0 Å². The number of hydrogen-bond donors (Lipinski definition) is 2. The minimum atomic E-state index is -0.266. The molecule has 0 fully saturated rings. The maximum atomic E-state index is 6.35. The lowest BCUT2D eigenvalue weighted by molar-refractivity contribution is 0.570.